The largest absolute Gasteiger partial charge is 0.397 e. The molecule has 3 N–H and O–H groups in total. The van der Waals surface area contributed by atoms with Gasteiger partial charge in [0.1, 0.15) is 0 Å². The summed E-state index contributed by atoms with van der Waals surface area (Å²) in [6, 6.07) is 16.1. The molecule has 0 aliphatic rings. The van der Waals surface area contributed by atoms with E-state index in [-0.39, 0.29) is 0 Å². The summed E-state index contributed by atoms with van der Waals surface area (Å²) >= 11 is 5.96. The van der Waals surface area contributed by atoms with Crippen LogP contribution in [0.4, 0.5) is 11.4 Å². The normalized spacial score (nSPS) is 12.1. The number of rotatable bonds is 4. The highest BCUT2D eigenvalue weighted by atomic mass is 35.5. The molecule has 0 aliphatic carbocycles. The minimum Gasteiger partial charge on any atom is -0.397 e. The van der Waals surface area contributed by atoms with E-state index in [0.717, 1.165) is 17.8 Å². The van der Waals surface area contributed by atoms with Crippen molar-refractivity contribution < 1.29 is 0 Å². The van der Waals surface area contributed by atoms with Crippen molar-refractivity contribution in [3.05, 3.63) is 59.1 Å². The Morgan fingerprint density at radius 1 is 1.17 bits per heavy atom. The van der Waals surface area contributed by atoms with Crippen LogP contribution in [0.2, 0.25) is 5.02 Å². The van der Waals surface area contributed by atoms with Crippen molar-refractivity contribution in [2.45, 2.75) is 19.4 Å². The predicted octanol–water partition coefficient (Wildman–Crippen LogP) is 3.97. The van der Waals surface area contributed by atoms with Crippen molar-refractivity contribution in [2.75, 3.05) is 11.1 Å². The molecule has 0 bridgehead atoms. The molecular weight excluding hydrogens is 244 g/mol. The lowest BCUT2D eigenvalue weighted by Crippen LogP contribution is -2.18. The Morgan fingerprint density at radius 2 is 1.89 bits per heavy atom. The van der Waals surface area contributed by atoms with Crippen LogP contribution in [0.3, 0.4) is 0 Å². The molecule has 0 amide bonds. The monoisotopic (exact) mass is 260 g/mol. The van der Waals surface area contributed by atoms with E-state index in [1.54, 1.807) is 6.07 Å². The van der Waals surface area contributed by atoms with Gasteiger partial charge in [-0.1, -0.05) is 41.9 Å². The Hall–Kier alpha value is -1.67. The third kappa shape index (κ3) is 3.41. The van der Waals surface area contributed by atoms with E-state index in [4.69, 9.17) is 17.3 Å². The second-order valence-electron chi connectivity index (χ2n) is 4.47. The molecule has 0 radical (unpaired) electrons. The van der Waals surface area contributed by atoms with Gasteiger partial charge in [-0.3, -0.25) is 0 Å². The van der Waals surface area contributed by atoms with E-state index in [1.165, 1.54) is 5.56 Å². The average Bonchev–Trinajstić information content (AvgIpc) is 2.35. The fraction of sp³-hybridized carbons (Fsp3) is 0.200. The van der Waals surface area contributed by atoms with Gasteiger partial charge in [-0.05, 0) is 37.1 Å². The molecule has 0 aliphatic heterocycles. The van der Waals surface area contributed by atoms with Crippen molar-refractivity contribution in [2.24, 2.45) is 0 Å². The van der Waals surface area contributed by atoms with Crippen molar-refractivity contribution in [1.29, 1.82) is 0 Å². The molecule has 0 saturated heterocycles. The van der Waals surface area contributed by atoms with Gasteiger partial charge in [0.15, 0.2) is 0 Å². The number of anilines is 2. The van der Waals surface area contributed by atoms with Crippen LogP contribution in [0.15, 0.2) is 48.5 Å². The Kier molecular flexibility index (Phi) is 4.11. The summed E-state index contributed by atoms with van der Waals surface area (Å²) in [6.07, 6.45) is 0.951. The van der Waals surface area contributed by atoms with E-state index in [9.17, 15) is 0 Å². The first-order valence-electron chi connectivity index (χ1n) is 6.00. The number of hydrogen-bond donors (Lipinski definition) is 2. The summed E-state index contributed by atoms with van der Waals surface area (Å²) in [4.78, 5) is 0. The first kappa shape index (κ1) is 12.8. The fourth-order valence-electron chi connectivity index (χ4n) is 1.94. The number of nitrogen functional groups attached to an aromatic ring is 1. The smallest absolute Gasteiger partial charge is 0.0591 e. The van der Waals surface area contributed by atoms with Crippen LogP contribution in [0.25, 0.3) is 0 Å². The Bertz CT molecular complexity index is 511. The molecule has 2 rings (SSSR count). The highest BCUT2D eigenvalue weighted by molar-refractivity contribution is 6.31. The Labute approximate surface area is 113 Å². The summed E-state index contributed by atoms with van der Waals surface area (Å²) in [5, 5.41) is 4.08. The zero-order chi connectivity index (χ0) is 13.0. The molecule has 2 aromatic rings. The zero-order valence-electron chi connectivity index (χ0n) is 10.4. The molecule has 0 spiro atoms. The SMILES string of the molecule is CC(Cc1ccccc1)Nc1cc(Cl)ccc1N. The Morgan fingerprint density at radius 3 is 2.61 bits per heavy atom. The average molecular weight is 261 g/mol. The van der Waals surface area contributed by atoms with Gasteiger partial charge in [-0.25, -0.2) is 0 Å². The van der Waals surface area contributed by atoms with Crippen LogP contribution in [0.5, 0.6) is 0 Å². The molecule has 0 fully saturated rings. The summed E-state index contributed by atoms with van der Waals surface area (Å²) in [5.41, 5.74) is 8.83. The van der Waals surface area contributed by atoms with Gasteiger partial charge in [-0.15, -0.1) is 0 Å². The number of nitrogens with two attached hydrogens (primary N) is 1. The maximum atomic E-state index is 5.96. The minimum absolute atomic E-state index is 0.299. The lowest BCUT2D eigenvalue weighted by atomic mass is 10.1. The molecule has 0 aromatic heterocycles. The highest BCUT2D eigenvalue weighted by Crippen LogP contribution is 2.24. The molecule has 0 heterocycles. The van der Waals surface area contributed by atoms with Gasteiger partial charge in [-0.2, -0.15) is 0 Å². The third-order valence-corrected chi connectivity index (χ3v) is 3.04. The lowest BCUT2D eigenvalue weighted by molar-refractivity contribution is 0.791. The second-order valence-corrected chi connectivity index (χ2v) is 4.90. The first-order valence-corrected chi connectivity index (χ1v) is 6.38. The van der Waals surface area contributed by atoms with E-state index < -0.39 is 0 Å². The third-order valence-electron chi connectivity index (χ3n) is 2.80. The number of nitrogens with one attached hydrogen (secondary N) is 1. The minimum atomic E-state index is 0.299. The quantitative estimate of drug-likeness (QED) is 0.817. The van der Waals surface area contributed by atoms with E-state index in [1.807, 2.05) is 18.2 Å². The highest BCUT2D eigenvalue weighted by Gasteiger charge is 2.06. The van der Waals surface area contributed by atoms with E-state index in [2.05, 4.69) is 36.5 Å². The topological polar surface area (TPSA) is 38.0 Å². The van der Waals surface area contributed by atoms with Crippen LogP contribution >= 0.6 is 11.6 Å². The summed E-state index contributed by atoms with van der Waals surface area (Å²) < 4.78 is 0. The van der Waals surface area contributed by atoms with Crippen LogP contribution in [-0.2, 0) is 6.42 Å². The van der Waals surface area contributed by atoms with E-state index in [0.29, 0.717) is 11.1 Å². The van der Waals surface area contributed by atoms with Gasteiger partial charge >= 0.3 is 0 Å². The summed E-state index contributed by atoms with van der Waals surface area (Å²) in [7, 11) is 0. The molecule has 2 nitrogen and oxygen atoms in total. The number of benzene rings is 2. The standard InChI is InChI=1S/C15H17ClN2/c1-11(9-12-5-3-2-4-6-12)18-15-10-13(16)7-8-14(15)17/h2-8,10-11,18H,9,17H2,1H3. The van der Waals surface area contributed by atoms with Crippen LogP contribution in [0.1, 0.15) is 12.5 Å². The second kappa shape index (κ2) is 5.78. The maximum absolute atomic E-state index is 5.96. The Balaban J connectivity index is 2.03. The van der Waals surface area contributed by atoms with Crippen molar-refractivity contribution in [3.63, 3.8) is 0 Å². The van der Waals surface area contributed by atoms with Gasteiger partial charge in [0, 0.05) is 11.1 Å². The van der Waals surface area contributed by atoms with Gasteiger partial charge in [0.2, 0.25) is 0 Å². The van der Waals surface area contributed by atoms with Gasteiger partial charge in [0.05, 0.1) is 11.4 Å². The first-order chi connectivity index (χ1) is 8.65. The molecule has 18 heavy (non-hydrogen) atoms. The maximum Gasteiger partial charge on any atom is 0.0591 e. The van der Waals surface area contributed by atoms with E-state index >= 15 is 0 Å². The molecule has 1 atom stereocenters. The van der Waals surface area contributed by atoms with Crippen LogP contribution in [0, 0.1) is 0 Å². The van der Waals surface area contributed by atoms with Gasteiger partial charge in [0.25, 0.3) is 0 Å². The molecule has 0 saturated carbocycles. The zero-order valence-corrected chi connectivity index (χ0v) is 11.1. The molecule has 3 heteroatoms. The molecule has 2 aromatic carbocycles. The van der Waals surface area contributed by atoms with Crippen molar-refractivity contribution in [1.82, 2.24) is 0 Å². The molecule has 1 unspecified atom stereocenters. The fourth-order valence-corrected chi connectivity index (χ4v) is 2.11. The van der Waals surface area contributed by atoms with Crippen LogP contribution < -0.4 is 11.1 Å². The molecule has 94 valence electrons. The van der Waals surface area contributed by atoms with Gasteiger partial charge < -0.3 is 11.1 Å². The number of halogens is 1. The summed E-state index contributed by atoms with van der Waals surface area (Å²) in [5.74, 6) is 0. The van der Waals surface area contributed by atoms with Crippen molar-refractivity contribution >= 4 is 23.0 Å². The van der Waals surface area contributed by atoms with Crippen LogP contribution in [-0.4, -0.2) is 6.04 Å². The lowest BCUT2D eigenvalue weighted by Gasteiger charge is -2.17. The number of hydrogen-bond acceptors (Lipinski definition) is 2. The van der Waals surface area contributed by atoms with Crippen molar-refractivity contribution in [3.8, 4) is 0 Å². The summed E-state index contributed by atoms with van der Waals surface area (Å²) in [6.45, 7) is 2.13. The predicted molar refractivity (Wildman–Crippen MR) is 79.1 cm³/mol. The molecular formula is C15H17ClN2.